The summed E-state index contributed by atoms with van der Waals surface area (Å²) in [5, 5.41) is 18.6. The standard InChI is InChI=1S/C12H17NO4/c1-12(2,11(16)17-3)10(13)7-4-5-8(14)9(15)6-7/h4-6,10,14-15H,13H2,1-3H3/t10-/m0/s1. The summed E-state index contributed by atoms with van der Waals surface area (Å²) >= 11 is 0. The molecule has 4 N–H and O–H groups in total. The summed E-state index contributed by atoms with van der Waals surface area (Å²) in [7, 11) is 1.30. The van der Waals surface area contributed by atoms with E-state index >= 15 is 0 Å². The van der Waals surface area contributed by atoms with Gasteiger partial charge >= 0.3 is 5.97 Å². The number of rotatable bonds is 3. The number of methoxy groups -OCH3 is 1. The lowest BCUT2D eigenvalue weighted by atomic mass is 9.81. The third-order valence-corrected chi connectivity index (χ3v) is 2.85. The van der Waals surface area contributed by atoms with Crippen LogP contribution in [0.5, 0.6) is 11.5 Å². The molecule has 0 fully saturated rings. The minimum atomic E-state index is -0.918. The van der Waals surface area contributed by atoms with Crippen molar-refractivity contribution in [3.63, 3.8) is 0 Å². The number of benzene rings is 1. The molecule has 0 bridgehead atoms. The van der Waals surface area contributed by atoms with Crippen LogP contribution < -0.4 is 5.73 Å². The maximum absolute atomic E-state index is 11.6. The molecule has 0 amide bonds. The number of phenolic OH excluding ortho intramolecular Hbond substituents is 2. The summed E-state index contributed by atoms with van der Waals surface area (Å²) in [6, 6.07) is 3.59. The van der Waals surface area contributed by atoms with Gasteiger partial charge in [0, 0.05) is 6.04 Å². The van der Waals surface area contributed by atoms with Gasteiger partial charge in [-0.25, -0.2) is 0 Å². The van der Waals surface area contributed by atoms with Crippen LogP contribution >= 0.6 is 0 Å². The van der Waals surface area contributed by atoms with Crippen LogP contribution in [0.4, 0.5) is 0 Å². The second kappa shape index (κ2) is 4.63. The van der Waals surface area contributed by atoms with Gasteiger partial charge in [-0.2, -0.15) is 0 Å². The van der Waals surface area contributed by atoms with Crippen LogP contribution in [0.1, 0.15) is 25.5 Å². The lowest BCUT2D eigenvalue weighted by molar-refractivity contribution is -0.152. The molecule has 0 saturated carbocycles. The number of carbonyl (C=O) groups is 1. The molecule has 1 rings (SSSR count). The van der Waals surface area contributed by atoms with Crippen molar-refractivity contribution >= 4 is 5.97 Å². The van der Waals surface area contributed by atoms with E-state index in [0.29, 0.717) is 5.56 Å². The van der Waals surface area contributed by atoms with E-state index in [0.717, 1.165) is 0 Å². The molecule has 0 spiro atoms. The molecule has 0 heterocycles. The first kappa shape index (κ1) is 13.3. The molecule has 0 aliphatic carbocycles. The highest BCUT2D eigenvalue weighted by molar-refractivity contribution is 5.77. The molecule has 0 radical (unpaired) electrons. The maximum atomic E-state index is 11.6. The van der Waals surface area contributed by atoms with E-state index in [2.05, 4.69) is 4.74 Å². The number of carbonyl (C=O) groups excluding carboxylic acids is 1. The summed E-state index contributed by atoms with van der Waals surface area (Å²) in [4.78, 5) is 11.6. The molecule has 0 aliphatic rings. The minimum absolute atomic E-state index is 0.225. The maximum Gasteiger partial charge on any atom is 0.313 e. The third kappa shape index (κ3) is 2.50. The van der Waals surface area contributed by atoms with Crippen LogP contribution in [0.2, 0.25) is 0 Å². The molecule has 5 heteroatoms. The fourth-order valence-corrected chi connectivity index (χ4v) is 1.54. The zero-order chi connectivity index (χ0) is 13.2. The van der Waals surface area contributed by atoms with Gasteiger partial charge in [-0.15, -0.1) is 0 Å². The molecule has 0 saturated heterocycles. The lowest BCUT2D eigenvalue weighted by Gasteiger charge is -2.29. The van der Waals surface area contributed by atoms with Gasteiger partial charge in [0.25, 0.3) is 0 Å². The average molecular weight is 239 g/mol. The van der Waals surface area contributed by atoms with Crippen LogP contribution in [-0.4, -0.2) is 23.3 Å². The summed E-state index contributed by atoms with van der Waals surface area (Å²) in [5.74, 6) is -0.923. The molecule has 1 aromatic carbocycles. The zero-order valence-electron chi connectivity index (χ0n) is 10.1. The van der Waals surface area contributed by atoms with Gasteiger partial charge in [-0.3, -0.25) is 4.79 Å². The van der Waals surface area contributed by atoms with E-state index in [1.165, 1.54) is 19.2 Å². The fraction of sp³-hybridized carbons (Fsp3) is 0.417. The molecule has 1 atom stereocenters. The second-order valence-corrected chi connectivity index (χ2v) is 4.44. The predicted molar refractivity (Wildman–Crippen MR) is 62.5 cm³/mol. The Hall–Kier alpha value is -1.75. The summed E-state index contributed by atoms with van der Waals surface area (Å²) in [6.45, 7) is 3.32. The van der Waals surface area contributed by atoms with Crippen LogP contribution in [0.15, 0.2) is 18.2 Å². The minimum Gasteiger partial charge on any atom is -0.504 e. The van der Waals surface area contributed by atoms with Gasteiger partial charge < -0.3 is 20.7 Å². The Morgan fingerprint density at radius 1 is 1.35 bits per heavy atom. The zero-order valence-corrected chi connectivity index (χ0v) is 10.1. The molecule has 1 aromatic rings. The highest BCUT2D eigenvalue weighted by atomic mass is 16.5. The van der Waals surface area contributed by atoms with Gasteiger partial charge in [0.05, 0.1) is 12.5 Å². The molecule has 17 heavy (non-hydrogen) atoms. The summed E-state index contributed by atoms with van der Waals surface area (Å²) < 4.78 is 4.68. The molecule has 5 nitrogen and oxygen atoms in total. The molecule has 0 aliphatic heterocycles. The topological polar surface area (TPSA) is 92.8 Å². The number of hydrogen-bond acceptors (Lipinski definition) is 5. The van der Waals surface area contributed by atoms with Gasteiger partial charge in [0.15, 0.2) is 11.5 Å². The first-order chi connectivity index (χ1) is 7.80. The van der Waals surface area contributed by atoms with Gasteiger partial charge in [0.1, 0.15) is 0 Å². The van der Waals surface area contributed by atoms with Crippen molar-refractivity contribution in [2.75, 3.05) is 7.11 Å². The SMILES string of the molecule is COC(=O)C(C)(C)[C@@H](N)c1ccc(O)c(O)c1. The number of aromatic hydroxyl groups is 2. The first-order valence-electron chi connectivity index (χ1n) is 5.16. The average Bonchev–Trinajstić information content (AvgIpc) is 2.30. The smallest absolute Gasteiger partial charge is 0.313 e. The van der Waals surface area contributed by atoms with E-state index in [-0.39, 0.29) is 11.5 Å². The van der Waals surface area contributed by atoms with Crippen molar-refractivity contribution in [1.82, 2.24) is 0 Å². The lowest BCUT2D eigenvalue weighted by Crippen LogP contribution is -2.37. The Morgan fingerprint density at radius 3 is 2.41 bits per heavy atom. The largest absolute Gasteiger partial charge is 0.504 e. The molecule has 0 aromatic heterocycles. The molecular formula is C12H17NO4. The van der Waals surface area contributed by atoms with Crippen LogP contribution in [-0.2, 0) is 9.53 Å². The number of phenols is 2. The van der Waals surface area contributed by atoms with Crippen molar-refractivity contribution in [3.8, 4) is 11.5 Å². The Labute approximate surface area is 99.8 Å². The highest BCUT2D eigenvalue weighted by Gasteiger charge is 2.36. The van der Waals surface area contributed by atoms with E-state index in [1.807, 2.05) is 0 Å². The van der Waals surface area contributed by atoms with Crippen molar-refractivity contribution < 1.29 is 19.7 Å². The van der Waals surface area contributed by atoms with Crippen molar-refractivity contribution in [2.45, 2.75) is 19.9 Å². The molecular weight excluding hydrogens is 222 g/mol. The second-order valence-electron chi connectivity index (χ2n) is 4.44. The van der Waals surface area contributed by atoms with E-state index < -0.39 is 17.4 Å². The Morgan fingerprint density at radius 2 is 1.94 bits per heavy atom. The number of esters is 1. The Kier molecular flexibility index (Phi) is 3.63. The molecule has 0 unspecified atom stereocenters. The normalized spacial score (nSPS) is 13.2. The van der Waals surface area contributed by atoms with Crippen LogP contribution in [0.3, 0.4) is 0 Å². The van der Waals surface area contributed by atoms with Gasteiger partial charge in [0.2, 0.25) is 0 Å². The van der Waals surface area contributed by atoms with Gasteiger partial charge in [-0.1, -0.05) is 6.07 Å². The fourth-order valence-electron chi connectivity index (χ4n) is 1.54. The number of ether oxygens (including phenoxy) is 1. The van der Waals surface area contributed by atoms with E-state index in [4.69, 9.17) is 5.73 Å². The summed E-state index contributed by atoms with van der Waals surface area (Å²) in [6.07, 6.45) is 0. The van der Waals surface area contributed by atoms with Crippen molar-refractivity contribution in [1.29, 1.82) is 0 Å². The van der Waals surface area contributed by atoms with E-state index in [9.17, 15) is 15.0 Å². The Bertz CT molecular complexity index is 429. The Balaban J connectivity index is 3.07. The molecule has 94 valence electrons. The van der Waals surface area contributed by atoms with Crippen LogP contribution in [0.25, 0.3) is 0 Å². The van der Waals surface area contributed by atoms with Crippen LogP contribution in [0, 0.1) is 5.41 Å². The van der Waals surface area contributed by atoms with Crippen molar-refractivity contribution in [3.05, 3.63) is 23.8 Å². The van der Waals surface area contributed by atoms with Gasteiger partial charge in [-0.05, 0) is 31.5 Å². The predicted octanol–water partition coefficient (Wildman–Crippen LogP) is 1.30. The summed E-state index contributed by atoms with van der Waals surface area (Å²) in [5.41, 5.74) is 5.61. The number of hydrogen-bond donors (Lipinski definition) is 3. The highest BCUT2D eigenvalue weighted by Crippen LogP contribution is 2.35. The van der Waals surface area contributed by atoms with Crippen molar-refractivity contribution in [2.24, 2.45) is 11.1 Å². The van der Waals surface area contributed by atoms with E-state index in [1.54, 1.807) is 19.9 Å². The monoisotopic (exact) mass is 239 g/mol. The number of nitrogens with two attached hydrogens (primary N) is 1. The quantitative estimate of drug-likeness (QED) is 0.546. The first-order valence-corrected chi connectivity index (χ1v) is 5.16. The third-order valence-electron chi connectivity index (χ3n) is 2.85.